The van der Waals surface area contributed by atoms with Crippen molar-refractivity contribution in [3.05, 3.63) is 153 Å². The van der Waals surface area contributed by atoms with Gasteiger partial charge in [0.1, 0.15) is 70.1 Å². The van der Waals surface area contributed by atoms with E-state index >= 15 is 0 Å². The number of likely N-dealkylation sites (tertiary alicyclic amines) is 2. The number of benzene rings is 6. The van der Waals surface area contributed by atoms with Gasteiger partial charge in [0.25, 0.3) is 0 Å². The van der Waals surface area contributed by atoms with Crippen LogP contribution < -0.4 is 30.7 Å². The summed E-state index contributed by atoms with van der Waals surface area (Å²) in [7, 11) is 4.46. The second-order valence-electron chi connectivity index (χ2n) is 34.1. The molecule has 8 aromatic rings. The molecule has 0 bridgehead atoms. The highest BCUT2D eigenvalue weighted by Crippen LogP contribution is 2.43. The van der Waals surface area contributed by atoms with Gasteiger partial charge in [-0.1, -0.05) is 87.1 Å². The molecule has 2 saturated heterocycles. The SMILES string of the molecule is COC(=O)c1ccc(NCCOCCOCCOc2ccc(-c3csc([C@@H]4CCCN4C(=O)[C@@H](NC(=O)[C@H](C)N(C)C(=O)OC(C)(C)C)C4CCCCC4)n3)c3ccccc23)cc1.C[C@@H](C(=O)N[C@H](C(=O)N1CCC[C@H]1c1nc(-c2ccc(OCCOCCOCCNc3ccc(C(=O)O)cc3)c3ccccc23)cs1)C1CCCCC1)N(C)C(=O)OC(C)(C)C. The van der Waals surface area contributed by atoms with Gasteiger partial charge in [0.15, 0.2) is 0 Å². The first-order valence-corrected chi connectivity index (χ1v) is 45.6. The number of ether oxygens (including phenoxy) is 9. The van der Waals surface area contributed by atoms with E-state index in [0.29, 0.717) is 97.8 Å². The molecule has 4 heterocycles. The quantitative estimate of drug-likeness (QED) is 0.0136. The van der Waals surface area contributed by atoms with Gasteiger partial charge in [0.2, 0.25) is 23.6 Å². The van der Waals surface area contributed by atoms with Crippen LogP contribution in [0.1, 0.15) is 188 Å². The topological polar surface area (TPSA) is 327 Å². The highest BCUT2D eigenvalue weighted by molar-refractivity contribution is 7.10. The van der Waals surface area contributed by atoms with Gasteiger partial charge in [-0.15, -0.1) is 22.7 Å². The Kier molecular flexibility index (Phi) is 35.1. The zero-order valence-electron chi connectivity index (χ0n) is 74.0. The lowest BCUT2D eigenvalue weighted by Gasteiger charge is -2.36. The molecule has 28 nitrogen and oxygen atoms in total. The van der Waals surface area contributed by atoms with Gasteiger partial charge in [0, 0.05) is 84.3 Å². The average molecular weight is 1760 g/mol. The minimum absolute atomic E-state index is 0.0129. The van der Waals surface area contributed by atoms with Gasteiger partial charge in [0.05, 0.1) is 94.6 Å². The smallest absolute Gasteiger partial charge is 0.410 e. The number of anilines is 2. The fraction of sp³-hybridized carbons (Fsp3) is 0.516. The van der Waals surface area contributed by atoms with Crippen molar-refractivity contribution in [2.45, 2.75) is 193 Å². The van der Waals surface area contributed by atoms with Crippen LogP contribution in [-0.2, 0) is 52.3 Å². The number of carboxylic acids is 1. The Morgan fingerprint density at radius 1 is 0.464 bits per heavy atom. The van der Waals surface area contributed by atoms with Crippen LogP contribution >= 0.6 is 22.7 Å². The predicted octanol–water partition coefficient (Wildman–Crippen LogP) is 16.4. The summed E-state index contributed by atoms with van der Waals surface area (Å²) >= 11 is 3.11. The molecule has 2 aliphatic heterocycles. The Morgan fingerprint density at radius 2 is 0.832 bits per heavy atom. The molecular formula is C95H124N10O18S2. The van der Waals surface area contributed by atoms with Gasteiger partial charge < -0.3 is 78.8 Å². The molecule has 0 radical (unpaired) electrons. The summed E-state index contributed by atoms with van der Waals surface area (Å²) in [6.45, 7) is 20.7. The maximum absolute atomic E-state index is 14.6. The van der Waals surface area contributed by atoms with Crippen LogP contribution in [0.2, 0.25) is 0 Å². The van der Waals surface area contributed by atoms with E-state index < -0.39 is 53.5 Å². The van der Waals surface area contributed by atoms with E-state index in [1.807, 2.05) is 82.6 Å². The molecule has 0 spiro atoms. The molecular weight excluding hydrogens is 1630 g/mol. The molecule has 6 atom stereocenters. The van der Waals surface area contributed by atoms with Gasteiger partial charge >= 0.3 is 24.1 Å². The summed E-state index contributed by atoms with van der Waals surface area (Å²) in [5, 5.41) is 31.5. The second-order valence-corrected chi connectivity index (χ2v) is 35.9. The fourth-order valence-corrected chi connectivity index (χ4v) is 18.0. The third-order valence-corrected chi connectivity index (χ3v) is 24.9. The molecule has 6 aromatic carbocycles. The first kappa shape index (κ1) is 95.2. The van der Waals surface area contributed by atoms with Crippen LogP contribution in [0.3, 0.4) is 0 Å². The number of carbonyl (C=O) groups excluding carboxylic acids is 7. The summed E-state index contributed by atoms with van der Waals surface area (Å²) < 4.78 is 51.0. The van der Waals surface area contributed by atoms with Crippen LogP contribution in [0.15, 0.2) is 132 Å². The highest BCUT2D eigenvalue weighted by Gasteiger charge is 2.44. The molecule has 2 aliphatic carbocycles. The Labute approximate surface area is 741 Å². The van der Waals surface area contributed by atoms with Crippen LogP contribution in [0.4, 0.5) is 21.0 Å². The number of amides is 6. The Bertz CT molecular complexity index is 4890. The standard InChI is InChI=1S/C48H63N5O9S.C47H61N5O9S/c1-32(52(5)47(57)62-48(2,3)4)43(54)51-42(33-13-8-7-9-14-33)45(55)53-25-12-17-40(53)44-50-39(31-63-44)37-22-23-41(38-16-11-10-15-36(37)38)61-30-29-60-28-27-59-26-24-49-35-20-18-34(19-21-35)46(56)58-6;1-31(51(5)46(57)61-47(2,3)4)42(53)50-41(32-12-7-6-8-13-32)44(54)52-24-11-16-39(52)43-49-38(30-62-43)36-21-22-40(37-15-10-9-14-35(36)37)60-29-28-59-27-26-58-25-23-48-34-19-17-33(18-20-34)45(55)56/h10-11,15-16,18-23,31-33,40,42,49H,7-9,12-14,17,24-30H2,1-6H3,(H,51,54);9-10,14-15,17-22,30-32,39,41,48H,6-8,11-13,16,23-29H2,1-5H3,(H,50,53)(H,55,56)/t32-,40-,42-;31-,39-,41-/m00/s1. The number of methoxy groups -OCH3 is 1. The number of esters is 1. The zero-order chi connectivity index (χ0) is 89.2. The molecule has 2 saturated carbocycles. The number of carbonyl (C=O) groups is 8. The molecule has 4 aliphatic rings. The van der Waals surface area contributed by atoms with Crippen LogP contribution in [0.25, 0.3) is 44.1 Å². The first-order chi connectivity index (χ1) is 60.1. The van der Waals surface area contributed by atoms with Crippen molar-refractivity contribution in [3.63, 3.8) is 0 Å². The average Bonchev–Trinajstić information content (AvgIpc) is 1.74. The number of likely N-dealkylation sites (N-methyl/N-ethyl adjacent to an activating group) is 2. The van der Waals surface area contributed by atoms with Gasteiger partial charge in [-0.3, -0.25) is 29.0 Å². The highest BCUT2D eigenvalue weighted by atomic mass is 32.1. The largest absolute Gasteiger partial charge is 0.491 e. The third-order valence-electron chi connectivity index (χ3n) is 23.0. The number of hydrogen-bond acceptors (Lipinski definition) is 23. The maximum Gasteiger partial charge on any atom is 0.410 e. The van der Waals surface area contributed by atoms with E-state index in [1.54, 1.807) is 129 Å². The van der Waals surface area contributed by atoms with Crippen molar-refractivity contribution in [1.29, 1.82) is 0 Å². The number of thiazole rings is 2. The van der Waals surface area contributed by atoms with Crippen molar-refractivity contribution in [2.24, 2.45) is 11.8 Å². The summed E-state index contributed by atoms with van der Waals surface area (Å²) in [4.78, 5) is 121. The van der Waals surface area contributed by atoms with Crippen molar-refractivity contribution >= 4 is 103 Å². The zero-order valence-corrected chi connectivity index (χ0v) is 75.6. The van der Waals surface area contributed by atoms with Crippen molar-refractivity contribution in [2.75, 3.05) is 124 Å². The molecule has 674 valence electrons. The second kappa shape index (κ2) is 46.1. The summed E-state index contributed by atoms with van der Waals surface area (Å²) in [6.07, 6.45) is 11.8. The van der Waals surface area contributed by atoms with Crippen molar-refractivity contribution in [3.8, 4) is 34.0 Å². The van der Waals surface area contributed by atoms with Crippen LogP contribution in [-0.4, -0.2) is 231 Å². The number of aromatic carboxylic acids is 1. The monoisotopic (exact) mass is 1760 g/mol. The number of aromatic nitrogens is 2. The summed E-state index contributed by atoms with van der Waals surface area (Å²) in [6, 6.07) is 34.4. The normalized spacial score (nSPS) is 16.7. The molecule has 4 fully saturated rings. The van der Waals surface area contributed by atoms with Crippen LogP contribution in [0.5, 0.6) is 11.5 Å². The fourth-order valence-electron chi connectivity index (χ4n) is 16.1. The molecule has 2 aromatic heterocycles. The molecule has 12 rings (SSSR count). The van der Waals surface area contributed by atoms with Gasteiger partial charge in [-0.05, 0) is 202 Å². The first-order valence-electron chi connectivity index (χ1n) is 43.8. The van der Waals surface area contributed by atoms with E-state index in [4.69, 9.17) is 57.7 Å². The number of nitrogens with zero attached hydrogens (tertiary/aromatic N) is 6. The third kappa shape index (κ3) is 26.8. The Morgan fingerprint density at radius 3 is 1.21 bits per heavy atom. The van der Waals surface area contributed by atoms with E-state index in [1.165, 1.54) is 16.9 Å². The van der Waals surface area contributed by atoms with E-state index in [-0.39, 0.29) is 59.1 Å². The predicted molar refractivity (Wildman–Crippen MR) is 484 cm³/mol. The lowest BCUT2D eigenvalue weighted by atomic mass is 9.83. The van der Waals surface area contributed by atoms with Crippen molar-refractivity contribution in [1.82, 2.24) is 40.2 Å². The number of fused-ring (bicyclic) bond motifs is 2. The lowest BCUT2D eigenvalue weighted by molar-refractivity contribution is -0.140. The number of rotatable bonds is 38. The molecule has 6 amide bonds. The molecule has 5 N–H and O–H groups in total. The Balaban J connectivity index is 0.000000243. The van der Waals surface area contributed by atoms with Crippen molar-refractivity contribution < 1.29 is 86.1 Å². The number of nitrogens with one attached hydrogen (secondary N) is 4. The van der Waals surface area contributed by atoms with Gasteiger partial charge in [-0.25, -0.2) is 29.1 Å². The van der Waals surface area contributed by atoms with Gasteiger partial charge in [-0.2, -0.15) is 0 Å². The minimum atomic E-state index is -0.952. The van der Waals surface area contributed by atoms with E-state index in [2.05, 4.69) is 44.2 Å². The molecule has 30 heteroatoms. The summed E-state index contributed by atoms with van der Waals surface area (Å²) in [5.41, 5.74) is 4.69. The summed E-state index contributed by atoms with van der Waals surface area (Å²) in [5.74, 6) is -0.708. The lowest BCUT2D eigenvalue weighted by Crippen LogP contribution is -2.56. The Hall–Kier alpha value is -10.5. The van der Waals surface area contributed by atoms with E-state index in [0.717, 1.165) is 167 Å². The van der Waals surface area contributed by atoms with Crippen LogP contribution in [0, 0.1) is 11.8 Å². The molecule has 125 heavy (non-hydrogen) atoms. The number of carboxylic acid groups (broad SMARTS) is 1. The molecule has 0 unspecified atom stereocenters. The number of hydrogen-bond donors (Lipinski definition) is 5. The maximum atomic E-state index is 14.6. The van der Waals surface area contributed by atoms with E-state index in [9.17, 15) is 38.4 Å². The minimum Gasteiger partial charge on any atom is -0.491 e.